The predicted molar refractivity (Wildman–Crippen MR) is 81.8 cm³/mol. The molecule has 0 N–H and O–H groups in total. The van der Waals surface area contributed by atoms with Crippen LogP contribution in [0, 0.1) is 0 Å². The molecule has 0 spiro atoms. The van der Waals surface area contributed by atoms with Gasteiger partial charge in [-0.15, -0.1) is 11.3 Å². The number of halogens is 3. The Morgan fingerprint density at radius 1 is 1.28 bits per heavy atom. The topological polar surface area (TPSA) is 17.1 Å². The van der Waals surface area contributed by atoms with Crippen molar-refractivity contribution in [3.8, 4) is 0 Å². The van der Waals surface area contributed by atoms with Crippen molar-refractivity contribution in [2.45, 2.75) is 0 Å². The molecule has 18 heavy (non-hydrogen) atoms. The fourth-order valence-electron chi connectivity index (χ4n) is 1.35. The molecule has 0 fully saturated rings. The van der Waals surface area contributed by atoms with Gasteiger partial charge in [0.2, 0.25) is 0 Å². The fourth-order valence-corrected chi connectivity index (χ4v) is 3.07. The number of hydrogen-bond acceptors (Lipinski definition) is 2. The molecule has 0 aliphatic heterocycles. The molecule has 0 saturated heterocycles. The van der Waals surface area contributed by atoms with Crippen molar-refractivity contribution in [1.29, 1.82) is 0 Å². The lowest BCUT2D eigenvalue weighted by molar-refractivity contribution is 0.104. The van der Waals surface area contributed by atoms with Crippen LogP contribution in [-0.2, 0) is 0 Å². The smallest absolute Gasteiger partial charge is 0.187 e. The van der Waals surface area contributed by atoms with Crippen molar-refractivity contribution in [3.63, 3.8) is 0 Å². The van der Waals surface area contributed by atoms with Crippen LogP contribution in [0.3, 0.4) is 0 Å². The molecule has 1 nitrogen and oxygen atoms in total. The van der Waals surface area contributed by atoms with E-state index >= 15 is 0 Å². The Morgan fingerprint density at radius 3 is 2.72 bits per heavy atom. The highest BCUT2D eigenvalue weighted by Crippen LogP contribution is 2.23. The molecule has 0 unspecified atom stereocenters. The van der Waals surface area contributed by atoms with Crippen molar-refractivity contribution in [2.75, 3.05) is 0 Å². The molecule has 92 valence electrons. The molecule has 1 aromatic carbocycles. The van der Waals surface area contributed by atoms with Gasteiger partial charge in [0, 0.05) is 25.3 Å². The van der Waals surface area contributed by atoms with E-state index in [-0.39, 0.29) is 5.78 Å². The Hall–Kier alpha value is -0.610. The monoisotopic (exact) mass is 360 g/mol. The van der Waals surface area contributed by atoms with E-state index in [1.54, 1.807) is 35.6 Å². The van der Waals surface area contributed by atoms with E-state index in [0.29, 0.717) is 15.6 Å². The third-order valence-corrected chi connectivity index (χ3v) is 4.40. The Bertz CT molecular complexity index is 619. The first-order valence-electron chi connectivity index (χ1n) is 4.98. The maximum Gasteiger partial charge on any atom is 0.187 e. The predicted octanol–water partition coefficient (Wildman–Crippen LogP) is 5.71. The van der Waals surface area contributed by atoms with Crippen molar-refractivity contribution in [2.24, 2.45) is 0 Å². The SMILES string of the molecule is O=C(/C=C/c1cc(Br)cs1)c1cc(Cl)ccc1Cl. The summed E-state index contributed by atoms with van der Waals surface area (Å²) < 4.78 is 1.00. The third-order valence-electron chi connectivity index (χ3n) is 2.18. The lowest BCUT2D eigenvalue weighted by atomic mass is 10.1. The van der Waals surface area contributed by atoms with Crippen LogP contribution in [-0.4, -0.2) is 5.78 Å². The second-order valence-corrected chi connectivity index (χ2v) is 6.19. The normalized spacial score (nSPS) is 11.1. The lowest BCUT2D eigenvalue weighted by Gasteiger charge is -2.00. The van der Waals surface area contributed by atoms with Gasteiger partial charge in [-0.25, -0.2) is 0 Å². The average Bonchev–Trinajstić information content (AvgIpc) is 2.75. The Kier molecular flexibility index (Phi) is 4.62. The van der Waals surface area contributed by atoms with Crippen LogP contribution in [0.4, 0.5) is 0 Å². The largest absolute Gasteiger partial charge is 0.289 e. The summed E-state index contributed by atoms with van der Waals surface area (Å²) in [6.45, 7) is 0. The molecule has 2 aromatic rings. The van der Waals surface area contributed by atoms with Gasteiger partial charge in [0.25, 0.3) is 0 Å². The van der Waals surface area contributed by atoms with Crippen molar-refractivity contribution in [3.05, 3.63) is 60.7 Å². The minimum atomic E-state index is -0.160. The summed E-state index contributed by atoms with van der Waals surface area (Å²) in [5.74, 6) is -0.160. The summed E-state index contributed by atoms with van der Waals surface area (Å²) in [5.41, 5.74) is 0.413. The number of carbonyl (C=O) groups excluding carboxylic acids is 1. The summed E-state index contributed by atoms with van der Waals surface area (Å²) >= 11 is 16.7. The summed E-state index contributed by atoms with van der Waals surface area (Å²) in [5, 5.41) is 2.85. The summed E-state index contributed by atoms with van der Waals surface area (Å²) in [4.78, 5) is 13.0. The first kappa shape index (κ1) is 13.8. The number of thiophene rings is 1. The summed E-state index contributed by atoms with van der Waals surface area (Å²) in [6.07, 6.45) is 3.25. The van der Waals surface area contributed by atoms with Crippen LogP contribution in [0.5, 0.6) is 0 Å². The molecule has 5 heteroatoms. The molecule has 1 aromatic heterocycles. The van der Waals surface area contributed by atoms with E-state index in [9.17, 15) is 4.79 Å². The number of benzene rings is 1. The lowest BCUT2D eigenvalue weighted by Crippen LogP contribution is -1.95. The van der Waals surface area contributed by atoms with Crippen LogP contribution in [0.1, 0.15) is 15.2 Å². The molecular formula is C13H7BrCl2OS. The third kappa shape index (κ3) is 3.45. The number of carbonyl (C=O) groups is 1. The van der Waals surface area contributed by atoms with E-state index in [1.165, 1.54) is 6.08 Å². The van der Waals surface area contributed by atoms with Gasteiger partial charge in [0.15, 0.2) is 5.78 Å². The van der Waals surface area contributed by atoms with Crippen molar-refractivity contribution >= 4 is 62.3 Å². The standard InChI is InChI=1S/C13H7BrCl2OS/c14-8-5-10(18-7-8)2-4-13(17)11-6-9(15)1-3-12(11)16/h1-7H/b4-2+. The zero-order valence-electron chi connectivity index (χ0n) is 8.99. The van der Waals surface area contributed by atoms with Crippen LogP contribution in [0.15, 0.2) is 40.2 Å². The van der Waals surface area contributed by atoms with E-state index in [1.807, 2.05) is 11.4 Å². The molecule has 0 aliphatic rings. The van der Waals surface area contributed by atoms with Gasteiger partial charge in [-0.3, -0.25) is 4.79 Å². The first-order chi connectivity index (χ1) is 8.56. The summed E-state index contributed by atoms with van der Waals surface area (Å²) in [6, 6.07) is 6.78. The van der Waals surface area contributed by atoms with Gasteiger partial charge < -0.3 is 0 Å². The van der Waals surface area contributed by atoms with Gasteiger partial charge in [-0.2, -0.15) is 0 Å². The van der Waals surface area contributed by atoms with Gasteiger partial charge in [0.05, 0.1) is 5.02 Å². The number of allylic oxidation sites excluding steroid dienone is 1. The number of ketones is 1. The second-order valence-electron chi connectivity index (χ2n) is 3.49. The minimum Gasteiger partial charge on any atom is -0.289 e. The van der Waals surface area contributed by atoms with E-state index in [4.69, 9.17) is 23.2 Å². The van der Waals surface area contributed by atoms with Crippen LogP contribution < -0.4 is 0 Å². The maximum atomic E-state index is 12.0. The molecule has 1 heterocycles. The number of rotatable bonds is 3. The zero-order valence-corrected chi connectivity index (χ0v) is 12.9. The summed E-state index contributed by atoms with van der Waals surface area (Å²) in [7, 11) is 0. The first-order valence-corrected chi connectivity index (χ1v) is 7.40. The Morgan fingerprint density at radius 2 is 2.06 bits per heavy atom. The van der Waals surface area contributed by atoms with Gasteiger partial charge in [-0.1, -0.05) is 23.2 Å². The molecule has 0 saturated carbocycles. The molecule has 0 radical (unpaired) electrons. The quantitative estimate of drug-likeness (QED) is 0.505. The molecule has 2 rings (SSSR count). The van der Waals surface area contributed by atoms with Crippen LogP contribution in [0.2, 0.25) is 10.0 Å². The van der Waals surface area contributed by atoms with Crippen molar-refractivity contribution in [1.82, 2.24) is 0 Å². The van der Waals surface area contributed by atoms with E-state index in [0.717, 1.165) is 9.35 Å². The Balaban J connectivity index is 2.22. The molecule has 0 aliphatic carbocycles. The fraction of sp³-hybridized carbons (Fsp3) is 0. The van der Waals surface area contributed by atoms with Gasteiger partial charge >= 0.3 is 0 Å². The Labute approximate surface area is 127 Å². The maximum absolute atomic E-state index is 12.0. The van der Waals surface area contributed by atoms with Crippen LogP contribution >= 0.6 is 50.5 Å². The molecular weight excluding hydrogens is 355 g/mol. The van der Waals surface area contributed by atoms with Crippen LogP contribution in [0.25, 0.3) is 6.08 Å². The highest BCUT2D eigenvalue weighted by Gasteiger charge is 2.08. The second kappa shape index (κ2) is 6.02. The highest BCUT2D eigenvalue weighted by atomic mass is 79.9. The van der Waals surface area contributed by atoms with E-state index in [2.05, 4.69) is 15.9 Å². The van der Waals surface area contributed by atoms with Gasteiger partial charge in [-0.05, 0) is 52.3 Å². The molecule has 0 atom stereocenters. The molecule has 0 amide bonds. The highest BCUT2D eigenvalue weighted by molar-refractivity contribution is 9.10. The zero-order chi connectivity index (χ0) is 13.1. The molecule has 0 bridgehead atoms. The minimum absolute atomic E-state index is 0.160. The number of hydrogen-bond donors (Lipinski definition) is 0. The van der Waals surface area contributed by atoms with E-state index < -0.39 is 0 Å². The van der Waals surface area contributed by atoms with Gasteiger partial charge in [0.1, 0.15) is 0 Å². The van der Waals surface area contributed by atoms with Crippen molar-refractivity contribution < 1.29 is 4.79 Å². The average molecular weight is 362 g/mol.